The van der Waals surface area contributed by atoms with Gasteiger partial charge in [-0.05, 0) is 52.9 Å². The molecule has 0 aliphatic carbocycles. The lowest BCUT2D eigenvalue weighted by atomic mass is 10.1. The van der Waals surface area contributed by atoms with Gasteiger partial charge in [0, 0.05) is 33.4 Å². The molecular formula is C17H22N4OS. The molecule has 2 aromatic rings. The highest BCUT2D eigenvalue weighted by atomic mass is 32.1. The molecule has 23 heavy (non-hydrogen) atoms. The van der Waals surface area contributed by atoms with E-state index in [4.69, 9.17) is 0 Å². The summed E-state index contributed by atoms with van der Waals surface area (Å²) in [5, 5.41) is 7.26. The molecule has 0 saturated carbocycles. The predicted octanol–water partition coefficient (Wildman–Crippen LogP) is 3.26. The molecule has 0 radical (unpaired) electrons. The van der Waals surface area contributed by atoms with Crippen molar-refractivity contribution in [1.82, 2.24) is 15.2 Å². The molecule has 0 spiro atoms. The predicted molar refractivity (Wildman–Crippen MR) is 93.8 cm³/mol. The van der Waals surface area contributed by atoms with Crippen LogP contribution in [0, 0.1) is 0 Å². The number of amides is 2. The molecule has 0 bridgehead atoms. The molecular weight excluding hydrogens is 308 g/mol. The zero-order chi connectivity index (χ0) is 16.2. The van der Waals surface area contributed by atoms with E-state index in [1.165, 1.54) is 5.56 Å². The topological polar surface area (TPSA) is 48.5 Å². The fourth-order valence-electron chi connectivity index (χ4n) is 2.92. The van der Waals surface area contributed by atoms with Gasteiger partial charge in [0.1, 0.15) is 5.82 Å². The van der Waals surface area contributed by atoms with E-state index in [-0.39, 0.29) is 12.1 Å². The van der Waals surface area contributed by atoms with Crippen LogP contribution in [0.25, 0.3) is 0 Å². The van der Waals surface area contributed by atoms with Crippen molar-refractivity contribution in [2.75, 3.05) is 25.5 Å². The van der Waals surface area contributed by atoms with Crippen LogP contribution in [0.15, 0.2) is 35.2 Å². The van der Waals surface area contributed by atoms with Gasteiger partial charge in [0.05, 0.1) is 6.04 Å². The Morgan fingerprint density at radius 2 is 2.35 bits per heavy atom. The average molecular weight is 330 g/mol. The van der Waals surface area contributed by atoms with Crippen molar-refractivity contribution in [2.45, 2.75) is 25.4 Å². The number of carbonyl (C=O) groups excluding carboxylic acids is 1. The van der Waals surface area contributed by atoms with E-state index in [0.717, 1.165) is 30.8 Å². The summed E-state index contributed by atoms with van der Waals surface area (Å²) >= 11 is 1.68. The van der Waals surface area contributed by atoms with Crippen molar-refractivity contribution < 1.29 is 4.79 Å². The summed E-state index contributed by atoms with van der Waals surface area (Å²) in [5.41, 5.74) is 2.31. The van der Waals surface area contributed by atoms with Crippen LogP contribution in [-0.4, -0.2) is 36.6 Å². The van der Waals surface area contributed by atoms with Gasteiger partial charge in [-0.15, -0.1) is 0 Å². The highest BCUT2D eigenvalue weighted by molar-refractivity contribution is 7.07. The van der Waals surface area contributed by atoms with Gasteiger partial charge in [0.2, 0.25) is 0 Å². The minimum Gasteiger partial charge on any atom is -0.363 e. The minimum atomic E-state index is 0.0157. The first kappa shape index (κ1) is 15.8. The molecule has 1 saturated heterocycles. The number of pyridine rings is 1. The maximum atomic E-state index is 12.5. The maximum absolute atomic E-state index is 12.5. The SMILES string of the molecule is CN(C)c1cc(CNC(=O)N2CCC[C@H]2c2ccsc2)ccn1. The van der Waals surface area contributed by atoms with E-state index in [1.807, 2.05) is 36.0 Å². The molecule has 2 aromatic heterocycles. The quantitative estimate of drug-likeness (QED) is 0.936. The fourth-order valence-corrected chi connectivity index (χ4v) is 3.62. The first-order chi connectivity index (χ1) is 11.1. The number of thiophene rings is 1. The van der Waals surface area contributed by atoms with Crippen LogP contribution in [0.4, 0.5) is 10.6 Å². The van der Waals surface area contributed by atoms with Crippen LogP contribution in [0.1, 0.15) is 30.0 Å². The standard InChI is InChI=1S/C17H22N4OS/c1-20(2)16-10-13(5-7-18-16)11-19-17(22)21-8-3-4-15(21)14-6-9-23-12-14/h5-7,9-10,12,15H,3-4,8,11H2,1-2H3,(H,19,22)/t15-/m0/s1. The minimum absolute atomic E-state index is 0.0157. The zero-order valence-corrected chi connectivity index (χ0v) is 14.3. The van der Waals surface area contributed by atoms with Gasteiger partial charge in [-0.25, -0.2) is 9.78 Å². The Labute approximate surface area is 140 Å². The van der Waals surface area contributed by atoms with Crippen LogP contribution < -0.4 is 10.2 Å². The summed E-state index contributed by atoms with van der Waals surface area (Å²) in [6.45, 7) is 1.35. The third kappa shape index (κ3) is 3.64. The Morgan fingerprint density at radius 1 is 1.48 bits per heavy atom. The lowest BCUT2D eigenvalue weighted by Crippen LogP contribution is -2.39. The van der Waals surface area contributed by atoms with Crippen molar-refractivity contribution in [2.24, 2.45) is 0 Å². The van der Waals surface area contributed by atoms with Gasteiger partial charge in [-0.1, -0.05) is 0 Å². The molecule has 2 amide bonds. The third-order valence-corrected chi connectivity index (χ3v) is 4.85. The number of carbonyl (C=O) groups is 1. The first-order valence-electron chi connectivity index (χ1n) is 7.84. The lowest BCUT2D eigenvalue weighted by Gasteiger charge is -2.24. The largest absolute Gasteiger partial charge is 0.363 e. The van der Waals surface area contributed by atoms with Crippen molar-refractivity contribution in [3.8, 4) is 0 Å². The Morgan fingerprint density at radius 3 is 3.09 bits per heavy atom. The monoisotopic (exact) mass is 330 g/mol. The number of nitrogens with one attached hydrogen (secondary N) is 1. The molecule has 3 heterocycles. The van der Waals surface area contributed by atoms with Gasteiger partial charge in [-0.3, -0.25) is 0 Å². The summed E-state index contributed by atoms with van der Waals surface area (Å²) in [5.74, 6) is 0.897. The second kappa shape index (κ2) is 7.00. The Kier molecular flexibility index (Phi) is 4.81. The van der Waals surface area contributed by atoms with Crippen LogP contribution >= 0.6 is 11.3 Å². The fraction of sp³-hybridized carbons (Fsp3) is 0.412. The van der Waals surface area contributed by atoms with Crippen molar-refractivity contribution in [3.05, 3.63) is 46.3 Å². The van der Waals surface area contributed by atoms with Gasteiger partial charge in [0.25, 0.3) is 0 Å². The zero-order valence-electron chi connectivity index (χ0n) is 13.5. The molecule has 1 aliphatic rings. The van der Waals surface area contributed by atoms with Crippen molar-refractivity contribution >= 4 is 23.2 Å². The summed E-state index contributed by atoms with van der Waals surface area (Å²) in [6.07, 6.45) is 3.89. The van der Waals surface area contributed by atoms with Crippen molar-refractivity contribution in [1.29, 1.82) is 0 Å². The number of aromatic nitrogens is 1. The number of urea groups is 1. The smallest absolute Gasteiger partial charge is 0.318 e. The van der Waals surface area contributed by atoms with Crippen molar-refractivity contribution in [3.63, 3.8) is 0 Å². The van der Waals surface area contributed by atoms with Crippen LogP contribution in [0.3, 0.4) is 0 Å². The second-order valence-electron chi connectivity index (χ2n) is 5.98. The van der Waals surface area contributed by atoms with Crippen LogP contribution in [0.2, 0.25) is 0 Å². The van der Waals surface area contributed by atoms with E-state index in [9.17, 15) is 4.79 Å². The van der Waals surface area contributed by atoms with E-state index in [0.29, 0.717) is 6.54 Å². The maximum Gasteiger partial charge on any atom is 0.318 e. The Balaban J connectivity index is 1.62. The Hall–Kier alpha value is -2.08. The highest BCUT2D eigenvalue weighted by Gasteiger charge is 2.29. The number of anilines is 1. The Bertz CT molecular complexity index is 656. The first-order valence-corrected chi connectivity index (χ1v) is 8.78. The molecule has 1 atom stereocenters. The van der Waals surface area contributed by atoms with Crippen LogP contribution in [-0.2, 0) is 6.54 Å². The third-order valence-electron chi connectivity index (χ3n) is 4.15. The summed E-state index contributed by atoms with van der Waals surface area (Å²) in [7, 11) is 3.92. The number of rotatable bonds is 4. The molecule has 1 fully saturated rings. The molecule has 6 heteroatoms. The van der Waals surface area contributed by atoms with Gasteiger partial charge in [0.15, 0.2) is 0 Å². The molecule has 0 aromatic carbocycles. The van der Waals surface area contributed by atoms with Gasteiger partial charge >= 0.3 is 6.03 Å². The molecule has 0 unspecified atom stereocenters. The van der Waals surface area contributed by atoms with Crippen LogP contribution in [0.5, 0.6) is 0 Å². The van der Waals surface area contributed by atoms with Gasteiger partial charge in [-0.2, -0.15) is 11.3 Å². The van der Waals surface area contributed by atoms with E-state index >= 15 is 0 Å². The van der Waals surface area contributed by atoms with E-state index in [1.54, 1.807) is 17.5 Å². The summed E-state index contributed by atoms with van der Waals surface area (Å²) in [4.78, 5) is 20.7. The van der Waals surface area contributed by atoms with Gasteiger partial charge < -0.3 is 15.1 Å². The molecule has 1 N–H and O–H groups in total. The molecule has 3 rings (SSSR count). The molecule has 122 valence electrons. The highest BCUT2D eigenvalue weighted by Crippen LogP contribution is 2.32. The second-order valence-corrected chi connectivity index (χ2v) is 6.76. The molecule has 5 nitrogen and oxygen atoms in total. The van der Waals surface area contributed by atoms with E-state index in [2.05, 4.69) is 27.1 Å². The number of likely N-dealkylation sites (tertiary alicyclic amines) is 1. The average Bonchev–Trinajstić information content (AvgIpc) is 3.23. The number of nitrogens with zero attached hydrogens (tertiary/aromatic N) is 3. The molecule has 1 aliphatic heterocycles. The summed E-state index contributed by atoms with van der Waals surface area (Å²) < 4.78 is 0. The lowest BCUT2D eigenvalue weighted by molar-refractivity contribution is 0.192. The number of hydrogen-bond acceptors (Lipinski definition) is 4. The normalized spacial score (nSPS) is 17.3. The summed E-state index contributed by atoms with van der Waals surface area (Å²) in [6, 6.07) is 6.29. The van der Waals surface area contributed by atoms with E-state index < -0.39 is 0 Å². The number of hydrogen-bond donors (Lipinski definition) is 1.